The average molecular weight is 479 g/mol. The Morgan fingerprint density at radius 3 is 2.71 bits per heavy atom. The highest BCUT2D eigenvalue weighted by Gasteiger charge is 2.23. The molecule has 1 aromatic carbocycles. The lowest BCUT2D eigenvalue weighted by molar-refractivity contribution is -0.125. The maximum atomic E-state index is 12.4. The number of benzene rings is 1. The van der Waals surface area contributed by atoms with Gasteiger partial charge in [-0.3, -0.25) is 9.59 Å². The van der Waals surface area contributed by atoms with Crippen LogP contribution in [-0.4, -0.2) is 57.0 Å². The molecule has 35 heavy (non-hydrogen) atoms. The van der Waals surface area contributed by atoms with Crippen LogP contribution in [0.15, 0.2) is 47.9 Å². The fourth-order valence-electron chi connectivity index (χ4n) is 3.11. The zero-order chi connectivity index (χ0) is 25.6. The molecule has 0 atom stereocenters. The summed E-state index contributed by atoms with van der Waals surface area (Å²) in [4.78, 5) is 38.2. The summed E-state index contributed by atoms with van der Waals surface area (Å²) in [5, 5.41) is 6.70. The van der Waals surface area contributed by atoms with E-state index in [4.69, 9.17) is 9.26 Å². The van der Waals surface area contributed by atoms with Crippen molar-refractivity contribution in [2.24, 2.45) is 0 Å². The molecule has 0 aliphatic heterocycles. The van der Waals surface area contributed by atoms with E-state index in [9.17, 15) is 9.59 Å². The van der Waals surface area contributed by atoms with Gasteiger partial charge < -0.3 is 19.5 Å². The van der Waals surface area contributed by atoms with Crippen LogP contribution in [0.1, 0.15) is 48.4 Å². The number of nitrogens with one attached hydrogen (secondary N) is 1. The van der Waals surface area contributed by atoms with Crippen LogP contribution in [0.2, 0.25) is 0 Å². The van der Waals surface area contributed by atoms with Crippen LogP contribution in [0.5, 0.6) is 5.75 Å². The van der Waals surface area contributed by atoms with Crippen molar-refractivity contribution in [3.05, 3.63) is 66.2 Å². The Labute approximate surface area is 204 Å². The van der Waals surface area contributed by atoms with Gasteiger partial charge in [0, 0.05) is 24.6 Å². The second-order valence-corrected chi connectivity index (χ2v) is 9.05. The van der Waals surface area contributed by atoms with E-state index in [1.54, 1.807) is 13.2 Å². The van der Waals surface area contributed by atoms with Gasteiger partial charge in [0.25, 0.3) is 0 Å². The summed E-state index contributed by atoms with van der Waals surface area (Å²) in [6.07, 6.45) is 4.31. The third kappa shape index (κ3) is 6.50. The van der Waals surface area contributed by atoms with Crippen molar-refractivity contribution < 1.29 is 18.8 Å². The Morgan fingerprint density at radius 1 is 1.29 bits per heavy atom. The highest BCUT2D eigenvalue weighted by molar-refractivity contribution is 5.89. The smallest absolute Gasteiger partial charge is 0.315 e. The molecule has 0 unspecified atom stereocenters. The number of hydrogen-bond donors (Lipinski definition) is 1. The molecule has 10 nitrogen and oxygen atoms in total. The molecule has 0 spiro atoms. The molecule has 3 rings (SSSR count). The quantitative estimate of drug-likeness (QED) is 0.466. The third-order valence-electron chi connectivity index (χ3n) is 5.26. The van der Waals surface area contributed by atoms with Gasteiger partial charge in [-0.05, 0) is 30.2 Å². The van der Waals surface area contributed by atoms with Crippen molar-refractivity contribution in [1.29, 1.82) is 0 Å². The predicted octanol–water partition coefficient (Wildman–Crippen LogP) is 3.09. The largest absolute Gasteiger partial charge is 0.488 e. The fourth-order valence-corrected chi connectivity index (χ4v) is 3.11. The van der Waals surface area contributed by atoms with Crippen LogP contribution >= 0.6 is 0 Å². The minimum Gasteiger partial charge on any atom is -0.488 e. The molecular formula is C25H30N6O4. The Kier molecular flexibility index (Phi) is 7.95. The van der Waals surface area contributed by atoms with Gasteiger partial charge in [0.05, 0.1) is 12.7 Å². The van der Waals surface area contributed by atoms with Crippen molar-refractivity contribution in [3.8, 4) is 17.0 Å². The molecule has 0 aliphatic rings. The molecule has 2 heterocycles. The van der Waals surface area contributed by atoms with E-state index < -0.39 is 5.91 Å². The van der Waals surface area contributed by atoms with E-state index in [1.165, 1.54) is 17.3 Å². The maximum absolute atomic E-state index is 12.4. The number of rotatable bonds is 9. The Hall–Kier alpha value is -4.08. The van der Waals surface area contributed by atoms with Crippen LogP contribution in [0.3, 0.4) is 0 Å². The molecular weight excluding hydrogens is 448 g/mol. The van der Waals surface area contributed by atoms with Crippen LogP contribution in [0.25, 0.3) is 11.3 Å². The summed E-state index contributed by atoms with van der Waals surface area (Å²) >= 11 is 0. The number of carbonyl (C=O) groups is 2. The lowest BCUT2D eigenvalue weighted by Gasteiger charge is -2.16. The average Bonchev–Trinajstić information content (AvgIpc) is 3.34. The van der Waals surface area contributed by atoms with Crippen molar-refractivity contribution >= 4 is 11.8 Å². The van der Waals surface area contributed by atoms with E-state index in [2.05, 4.69) is 32.0 Å². The summed E-state index contributed by atoms with van der Waals surface area (Å²) < 4.78 is 10.9. The number of likely N-dealkylation sites (N-methyl/N-ethyl adjacent to an activating group) is 1. The van der Waals surface area contributed by atoms with Gasteiger partial charge in [-0.1, -0.05) is 44.6 Å². The van der Waals surface area contributed by atoms with Gasteiger partial charge in [0.2, 0.25) is 5.91 Å². The van der Waals surface area contributed by atoms with E-state index in [0.717, 1.165) is 16.7 Å². The van der Waals surface area contributed by atoms with Crippen molar-refractivity contribution in [2.45, 2.75) is 39.7 Å². The standard InChI is InChI=1S/C25H30N6O4/c1-7-20(32)31(6)10-11-34-19-14-26-15-28-21(19)17-8-9-18(16(2)12-17)13-27-22(33)23-29-24(30-35-23)25(3,4)5/h7-9,12,14-15H,1,10-11,13H2,2-6H3,(H,27,33). The Bertz CT molecular complexity index is 1210. The number of nitrogens with zero attached hydrogens (tertiary/aromatic N) is 5. The third-order valence-corrected chi connectivity index (χ3v) is 5.26. The normalized spacial score (nSPS) is 11.1. The molecule has 2 amide bonds. The van der Waals surface area contributed by atoms with E-state index >= 15 is 0 Å². The number of ether oxygens (including phenoxy) is 1. The summed E-state index contributed by atoms with van der Waals surface area (Å²) in [6.45, 7) is 12.2. The van der Waals surface area contributed by atoms with Crippen LogP contribution in [0.4, 0.5) is 0 Å². The topological polar surface area (TPSA) is 123 Å². The molecule has 2 aromatic heterocycles. The summed E-state index contributed by atoms with van der Waals surface area (Å²) in [5.41, 5.74) is 3.06. The highest BCUT2D eigenvalue weighted by Crippen LogP contribution is 2.28. The zero-order valence-electron chi connectivity index (χ0n) is 20.7. The molecule has 1 N–H and O–H groups in total. The van der Waals surface area contributed by atoms with Gasteiger partial charge in [-0.15, -0.1) is 0 Å². The van der Waals surface area contributed by atoms with E-state index in [0.29, 0.717) is 30.4 Å². The zero-order valence-corrected chi connectivity index (χ0v) is 20.7. The molecule has 10 heteroatoms. The SMILES string of the molecule is C=CC(=O)N(C)CCOc1cncnc1-c1ccc(CNC(=O)c2nc(C(C)(C)C)no2)c(C)c1. The van der Waals surface area contributed by atoms with Gasteiger partial charge in [0.1, 0.15) is 18.6 Å². The molecule has 0 fully saturated rings. The molecule has 0 saturated carbocycles. The second kappa shape index (κ2) is 10.9. The number of aryl methyl sites for hydroxylation is 1. The van der Waals surface area contributed by atoms with Gasteiger partial charge in [-0.25, -0.2) is 9.97 Å². The Balaban J connectivity index is 1.66. The van der Waals surface area contributed by atoms with Crippen molar-refractivity contribution in [1.82, 2.24) is 30.3 Å². The van der Waals surface area contributed by atoms with Gasteiger partial charge in [0.15, 0.2) is 11.6 Å². The first-order chi connectivity index (χ1) is 16.6. The lowest BCUT2D eigenvalue weighted by Crippen LogP contribution is -2.29. The van der Waals surface area contributed by atoms with E-state index in [1.807, 2.05) is 45.9 Å². The first kappa shape index (κ1) is 25.5. The summed E-state index contributed by atoms with van der Waals surface area (Å²) in [6, 6.07) is 5.79. The molecule has 184 valence electrons. The van der Waals surface area contributed by atoms with Crippen LogP contribution in [0, 0.1) is 6.92 Å². The number of aromatic nitrogens is 4. The number of carbonyl (C=O) groups excluding carboxylic acids is 2. The molecule has 0 bridgehead atoms. The second-order valence-electron chi connectivity index (χ2n) is 9.05. The molecule has 0 saturated heterocycles. The number of hydrogen-bond acceptors (Lipinski definition) is 8. The maximum Gasteiger partial charge on any atom is 0.315 e. The Morgan fingerprint density at radius 2 is 2.06 bits per heavy atom. The van der Waals surface area contributed by atoms with Crippen molar-refractivity contribution in [3.63, 3.8) is 0 Å². The van der Waals surface area contributed by atoms with Gasteiger partial charge in [-0.2, -0.15) is 4.98 Å². The monoisotopic (exact) mass is 478 g/mol. The fraction of sp³-hybridized carbons (Fsp3) is 0.360. The van der Waals surface area contributed by atoms with E-state index in [-0.39, 0.29) is 23.8 Å². The molecule has 0 aliphatic carbocycles. The summed E-state index contributed by atoms with van der Waals surface area (Å²) in [5.74, 6) is 0.323. The lowest BCUT2D eigenvalue weighted by atomic mass is 9.96. The van der Waals surface area contributed by atoms with Gasteiger partial charge >= 0.3 is 11.8 Å². The molecule has 3 aromatic rings. The van der Waals surface area contributed by atoms with Crippen molar-refractivity contribution in [2.75, 3.05) is 20.2 Å². The summed E-state index contributed by atoms with van der Waals surface area (Å²) in [7, 11) is 1.68. The minimum atomic E-state index is -0.428. The van der Waals surface area contributed by atoms with Crippen LogP contribution < -0.4 is 10.1 Å². The predicted molar refractivity (Wildman–Crippen MR) is 130 cm³/mol. The first-order valence-corrected chi connectivity index (χ1v) is 11.1. The number of amides is 2. The molecule has 0 radical (unpaired) electrons. The van der Waals surface area contributed by atoms with Crippen LogP contribution in [-0.2, 0) is 16.8 Å². The first-order valence-electron chi connectivity index (χ1n) is 11.1. The highest BCUT2D eigenvalue weighted by atomic mass is 16.5. The minimum absolute atomic E-state index is 0.0626.